The molecule has 0 bridgehead atoms. The highest BCUT2D eigenvalue weighted by molar-refractivity contribution is 7.93. The molecule has 0 spiro atoms. The van der Waals surface area contributed by atoms with Crippen LogP contribution in [0, 0.1) is 6.92 Å². The summed E-state index contributed by atoms with van der Waals surface area (Å²) in [4.78, 5) is 29.1. The lowest BCUT2D eigenvalue weighted by Crippen LogP contribution is -2.51. The molecule has 1 heterocycles. The van der Waals surface area contributed by atoms with Crippen molar-refractivity contribution in [2.24, 2.45) is 0 Å². The minimum absolute atomic E-state index is 0.101. The second-order valence-corrected chi connectivity index (χ2v) is 12.5. The van der Waals surface area contributed by atoms with E-state index >= 15 is 0 Å². The molecule has 1 unspecified atom stereocenters. The molecule has 39 heavy (non-hydrogen) atoms. The summed E-state index contributed by atoms with van der Waals surface area (Å²) in [6.07, 6.45) is 5.20. The number of hydrogen-bond donors (Lipinski definition) is 1. The molecule has 3 aromatic rings. The molecule has 2 amide bonds. The number of nitrogens with zero attached hydrogens (tertiary/aromatic N) is 2. The van der Waals surface area contributed by atoms with E-state index in [4.69, 9.17) is 0 Å². The number of amides is 2. The Labute approximate surface area is 231 Å². The third-order valence-electron chi connectivity index (χ3n) is 8.12. The topological polar surface area (TPSA) is 86.8 Å². The molecule has 0 aromatic heterocycles. The third kappa shape index (κ3) is 5.39. The van der Waals surface area contributed by atoms with Crippen LogP contribution in [0.2, 0.25) is 0 Å². The zero-order valence-corrected chi connectivity index (χ0v) is 23.5. The van der Waals surface area contributed by atoms with Crippen LogP contribution >= 0.6 is 0 Å². The van der Waals surface area contributed by atoms with E-state index in [2.05, 4.69) is 5.32 Å². The molecule has 0 radical (unpaired) electrons. The Balaban J connectivity index is 1.33. The summed E-state index contributed by atoms with van der Waals surface area (Å²) >= 11 is 0. The van der Waals surface area contributed by atoms with Crippen LogP contribution in [-0.4, -0.2) is 43.8 Å². The van der Waals surface area contributed by atoms with E-state index in [9.17, 15) is 18.0 Å². The maximum atomic E-state index is 13.7. The van der Waals surface area contributed by atoms with Crippen molar-refractivity contribution >= 4 is 38.3 Å². The number of anilines is 1. The Morgan fingerprint density at radius 2 is 1.74 bits per heavy atom. The van der Waals surface area contributed by atoms with E-state index in [0.717, 1.165) is 47.6 Å². The molecule has 1 fully saturated rings. The number of rotatable bonds is 10. The summed E-state index contributed by atoms with van der Waals surface area (Å²) in [6, 6.07) is 18.4. The van der Waals surface area contributed by atoms with Crippen molar-refractivity contribution in [1.82, 2.24) is 10.2 Å². The van der Waals surface area contributed by atoms with E-state index in [1.807, 2.05) is 62.4 Å². The molecule has 206 valence electrons. The van der Waals surface area contributed by atoms with Gasteiger partial charge >= 0.3 is 0 Å². The second kappa shape index (κ2) is 11.4. The fourth-order valence-electron chi connectivity index (χ4n) is 5.97. The summed E-state index contributed by atoms with van der Waals surface area (Å²) in [5.74, 6) is -0.241. The SMILES string of the molecule is CCC(C(=O)NC1CCCC1)N(Cc1ccccc1C)C(=O)CCCN1c2cccc3cccc(c23)S1(=O)=O. The minimum atomic E-state index is -3.67. The van der Waals surface area contributed by atoms with Gasteiger partial charge < -0.3 is 10.2 Å². The number of aryl methyl sites for hydroxylation is 1. The lowest BCUT2D eigenvalue weighted by Gasteiger charge is -2.32. The van der Waals surface area contributed by atoms with Gasteiger partial charge in [0.2, 0.25) is 11.8 Å². The summed E-state index contributed by atoms with van der Waals surface area (Å²) in [5.41, 5.74) is 2.73. The van der Waals surface area contributed by atoms with Gasteiger partial charge in [-0.3, -0.25) is 13.9 Å². The Kier molecular flexibility index (Phi) is 7.93. The van der Waals surface area contributed by atoms with Crippen LogP contribution in [0.1, 0.15) is 63.0 Å². The quantitative estimate of drug-likeness (QED) is 0.373. The number of benzene rings is 3. The van der Waals surface area contributed by atoms with Gasteiger partial charge in [-0.1, -0.05) is 68.3 Å². The monoisotopic (exact) mass is 547 g/mol. The van der Waals surface area contributed by atoms with Gasteiger partial charge in [0.25, 0.3) is 10.0 Å². The maximum absolute atomic E-state index is 13.7. The number of nitrogens with one attached hydrogen (secondary N) is 1. The van der Waals surface area contributed by atoms with Crippen LogP contribution in [-0.2, 0) is 26.2 Å². The van der Waals surface area contributed by atoms with Crippen molar-refractivity contribution in [3.8, 4) is 0 Å². The number of sulfonamides is 1. The summed E-state index contributed by atoms with van der Waals surface area (Å²) < 4.78 is 28.1. The molecule has 1 aliphatic carbocycles. The van der Waals surface area contributed by atoms with Crippen molar-refractivity contribution < 1.29 is 18.0 Å². The van der Waals surface area contributed by atoms with Crippen molar-refractivity contribution in [2.45, 2.75) is 82.3 Å². The van der Waals surface area contributed by atoms with Crippen LogP contribution in [0.3, 0.4) is 0 Å². The molecule has 1 N–H and O–H groups in total. The van der Waals surface area contributed by atoms with E-state index < -0.39 is 16.1 Å². The maximum Gasteiger partial charge on any atom is 0.265 e. The molecule has 8 heteroatoms. The highest BCUT2D eigenvalue weighted by Gasteiger charge is 2.36. The third-order valence-corrected chi connectivity index (χ3v) is 9.98. The minimum Gasteiger partial charge on any atom is -0.352 e. The highest BCUT2D eigenvalue weighted by Crippen LogP contribution is 2.42. The summed E-state index contributed by atoms with van der Waals surface area (Å²) in [5, 5.41) is 4.80. The van der Waals surface area contributed by atoms with Crippen molar-refractivity contribution in [3.63, 3.8) is 0 Å². The molecular formula is C31H37N3O4S. The normalized spacial score (nSPS) is 16.9. The average Bonchev–Trinajstić information content (AvgIpc) is 3.51. The van der Waals surface area contributed by atoms with E-state index in [1.54, 1.807) is 17.0 Å². The number of hydrogen-bond acceptors (Lipinski definition) is 4. The predicted molar refractivity (Wildman–Crippen MR) is 154 cm³/mol. The Morgan fingerprint density at radius 1 is 1.03 bits per heavy atom. The van der Waals surface area contributed by atoms with Crippen LogP contribution in [0.15, 0.2) is 65.6 Å². The molecule has 1 aliphatic heterocycles. The summed E-state index contributed by atoms with van der Waals surface area (Å²) in [7, 11) is -3.67. The van der Waals surface area contributed by atoms with Gasteiger partial charge in [0.1, 0.15) is 6.04 Å². The van der Waals surface area contributed by atoms with Crippen molar-refractivity contribution in [1.29, 1.82) is 0 Å². The van der Waals surface area contributed by atoms with Crippen molar-refractivity contribution in [3.05, 3.63) is 71.8 Å². The lowest BCUT2D eigenvalue weighted by molar-refractivity contribution is -0.141. The standard InChI is InChI=1S/C31H37N3O4S/c1-3-26(31(36)32-25-15-6-7-16-25)33(21-24-12-5-4-11-22(24)2)29(35)19-10-20-34-27-17-8-13-23-14-9-18-28(30(23)27)39(34,37)38/h4-5,8-9,11-14,17-18,25-26H,3,6-7,10,15-16,19-21H2,1-2H3,(H,32,36). The largest absolute Gasteiger partial charge is 0.352 e. The second-order valence-electron chi connectivity index (χ2n) is 10.7. The molecule has 3 aromatic carbocycles. The molecule has 2 aliphatic rings. The van der Waals surface area contributed by atoms with Crippen LogP contribution in [0.5, 0.6) is 0 Å². The molecule has 1 atom stereocenters. The van der Waals surface area contributed by atoms with Gasteiger partial charge in [-0.15, -0.1) is 0 Å². The molecule has 1 saturated carbocycles. The van der Waals surface area contributed by atoms with Gasteiger partial charge in [-0.05, 0) is 61.3 Å². The van der Waals surface area contributed by atoms with E-state index in [1.165, 1.54) is 4.31 Å². The zero-order chi connectivity index (χ0) is 27.6. The van der Waals surface area contributed by atoms with Crippen LogP contribution in [0.25, 0.3) is 10.8 Å². The fourth-order valence-corrected chi connectivity index (χ4v) is 7.72. The van der Waals surface area contributed by atoms with E-state index in [-0.39, 0.29) is 30.8 Å². The Bertz CT molecular complexity index is 1470. The van der Waals surface area contributed by atoms with Crippen molar-refractivity contribution in [2.75, 3.05) is 10.8 Å². The van der Waals surface area contributed by atoms with E-state index in [0.29, 0.717) is 30.0 Å². The highest BCUT2D eigenvalue weighted by atomic mass is 32.2. The van der Waals surface area contributed by atoms with Gasteiger partial charge in [-0.25, -0.2) is 8.42 Å². The first kappa shape index (κ1) is 27.2. The van der Waals surface area contributed by atoms with Crippen LogP contribution in [0.4, 0.5) is 5.69 Å². The first-order chi connectivity index (χ1) is 18.8. The number of carbonyl (C=O) groups excluding carboxylic acids is 2. The van der Waals surface area contributed by atoms with Crippen LogP contribution < -0.4 is 9.62 Å². The smallest absolute Gasteiger partial charge is 0.265 e. The van der Waals surface area contributed by atoms with Gasteiger partial charge in [0.05, 0.1) is 10.6 Å². The Morgan fingerprint density at radius 3 is 2.46 bits per heavy atom. The summed E-state index contributed by atoms with van der Waals surface area (Å²) in [6.45, 7) is 4.49. The first-order valence-electron chi connectivity index (χ1n) is 14.0. The predicted octanol–water partition coefficient (Wildman–Crippen LogP) is 5.30. The van der Waals surface area contributed by atoms with Gasteiger partial charge in [-0.2, -0.15) is 0 Å². The van der Waals surface area contributed by atoms with Gasteiger partial charge in [0.15, 0.2) is 0 Å². The fraction of sp³-hybridized carbons (Fsp3) is 0.419. The number of carbonyl (C=O) groups is 2. The molecule has 7 nitrogen and oxygen atoms in total. The zero-order valence-electron chi connectivity index (χ0n) is 22.7. The van der Waals surface area contributed by atoms with Gasteiger partial charge in [0, 0.05) is 30.9 Å². The molecular weight excluding hydrogens is 510 g/mol. The first-order valence-corrected chi connectivity index (χ1v) is 15.4. The lowest BCUT2D eigenvalue weighted by atomic mass is 10.0. The molecule has 0 saturated heterocycles. The average molecular weight is 548 g/mol. The Hall–Kier alpha value is -3.39. The molecule has 5 rings (SSSR count).